The molecule has 1 aromatic rings. The zero-order valence-electron chi connectivity index (χ0n) is 12.5. The van der Waals surface area contributed by atoms with Crippen LogP contribution >= 0.6 is 11.6 Å². The predicted molar refractivity (Wildman–Crippen MR) is 81.9 cm³/mol. The van der Waals surface area contributed by atoms with E-state index in [0.717, 1.165) is 18.6 Å². The molecule has 130 valence electrons. The minimum Gasteiger partial charge on any atom is -0.319 e. The van der Waals surface area contributed by atoms with Gasteiger partial charge < -0.3 is 5.32 Å². The van der Waals surface area contributed by atoms with E-state index in [1.807, 2.05) is 0 Å². The van der Waals surface area contributed by atoms with Crippen molar-refractivity contribution in [2.75, 3.05) is 26.7 Å². The summed E-state index contributed by atoms with van der Waals surface area (Å²) in [4.78, 5) is -0.487. The summed E-state index contributed by atoms with van der Waals surface area (Å²) in [6.07, 6.45) is -3.07. The Kier molecular flexibility index (Phi) is 5.60. The predicted octanol–water partition coefficient (Wildman–Crippen LogP) is 2.98. The zero-order valence-corrected chi connectivity index (χ0v) is 14.1. The van der Waals surface area contributed by atoms with Gasteiger partial charge in [0.15, 0.2) is 0 Å². The summed E-state index contributed by atoms with van der Waals surface area (Å²) in [5.41, 5.74) is -1.02. The molecule has 0 spiro atoms. The molecule has 1 heterocycles. The number of nitrogens with zero attached hydrogens (tertiary/aromatic N) is 1. The van der Waals surface area contributed by atoms with Crippen molar-refractivity contribution in [2.45, 2.75) is 23.9 Å². The molecule has 0 bridgehead atoms. The van der Waals surface area contributed by atoms with Gasteiger partial charge in [0.05, 0.1) is 10.6 Å². The molecule has 1 aliphatic heterocycles. The van der Waals surface area contributed by atoms with E-state index in [2.05, 4.69) is 5.32 Å². The molecule has 0 aromatic heterocycles. The number of rotatable bonds is 4. The topological polar surface area (TPSA) is 49.4 Å². The highest BCUT2D eigenvalue weighted by atomic mass is 35.5. The minimum atomic E-state index is -4.62. The normalized spacial score (nSPS) is 20.7. The van der Waals surface area contributed by atoms with Gasteiger partial charge in [0.25, 0.3) is 0 Å². The van der Waals surface area contributed by atoms with Crippen molar-refractivity contribution >= 4 is 21.6 Å². The first-order valence-corrected chi connectivity index (χ1v) is 8.99. The molecular formula is C14H18ClF3N2O2S. The van der Waals surface area contributed by atoms with E-state index in [9.17, 15) is 21.6 Å². The molecule has 4 nitrogen and oxygen atoms in total. The molecule has 1 atom stereocenters. The average Bonchev–Trinajstić information content (AvgIpc) is 2.47. The van der Waals surface area contributed by atoms with Crippen LogP contribution in [0.2, 0.25) is 5.02 Å². The molecule has 2 rings (SSSR count). The summed E-state index contributed by atoms with van der Waals surface area (Å²) in [5.74, 6) is 0.132. The van der Waals surface area contributed by atoms with Crippen molar-refractivity contribution in [1.29, 1.82) is 0 Å². The fourth-order valence-corrected chi connectivity index (χ4v) is 4.77. The SMILES string of the molecule is CNC[C@H]1CCCN(S(=O)(=O)c2cc(C(F)(F)F)ccc2Cl)C1. The smallest absolute Gasteiger partial charge is 0.319 e. The Bertz CT molecular complexity index is 662. The Morgan fingerprint density at radius 1 is 1.39 bits per heavy atom. The molecule has 1 aliphatic rings. The maximum absolute atomic E-state index is 12.8. The molecule has 23 heavy (non-hydrogen) atoms. The second kappa shape index (κ2) is 6.96. The standard InChI is InChI=1S/C14H18ClF3N2O2S/c1-19-8-10-3-2-6-20(9-10)23(21,22)13-7-11(14(16,17)18)4-5-12(13)15/h4-5,7,10,19H,2-3,6,8-9H2,1H3/t10-/m1/s1. The fraction of sp³-hybridized carbons (Fsp3) is 0.571. The second-order valence-corrected chi connectivity index (χ2v) is 7.89. The fourth-order valence-electron chi connectivity index (χ4n) is 2.72. The van der Waals surface area contributed by atoms with E-state index < -0.39 is 26.7 Å². The van der Waals surface area contributed by atoms with Gasteiger partial charge in [-0.3, -0.25) is 0 Å². The number of sulfonamides is 1. The molecular weight excluding hydrogens is 353 g/mol. The van der Waals surface area contributed by atoms with Crippen molar-refractivity contribution in [3.63, 3.8) is 0 Å². The zero-order chi connectivity index (χ0) is 17.3. The third-order valence-electron chi connectivity index (χ3n) is 3.85. The van der Waals surface area contributed by atoms with Gasteiger partial charge in [-0.25, -0.2) is 8.42 Å². The first kappa shape index (κ1) is 18.5. The lowest BCUT2D eigenvalue weighted by Crippen LogP contribution is -2.42. The number of piperidine rings is 1. The highest BCUT2D eigenvalue weighted by Gasteiger charge is 2.35. The molecule has 0 aliphatic carbocycles. The Balaban J connectivity index is 2.35. The van der Waals surface area contributed by atoms with Crippen molar-refractivity contribution < 1.29 is 21.6 Å². The number of hydrogen-bond acceptors (Lipinski definition) is 3. The quantitative estimate of drug-likeness (QED) is 0.886. The summed E-state index contributed by atoms with van der Waals surface area (Å²) in [6, 6.07) is 2.37. The maximum atomic E-state index is 12.8. The molecule has 1 saturated heterocycles. The third kappa shape index (κ3) is 4.17. The van der Waals surface area contributed by atoms with Gasteiger partial charge in [-0.15, -0.1) is 0 Å². The van der Waals surface area contributed by atoms with Crippen LogP contribution in [0.4, 0.5) is 13.2 Å². The van der Waals surface area contributed by atoms with Gasteiger partial charge in [0.1, 0.15) is 4.90 Å². The highest BCUT2D eigenvalue weighted by molar-refractivity contribution is 7.89. The van der Waals surface area contributed by atoms with Gasteiger partial charge in [0.2, 0.25) is 10.0 Å². The van der Waals surface area contributed by atoms with Crippen LogP contribution in [0.25, 0.3) is 0 Å². The summed E-state index contributed by atoms with van der Waals surface area (Å²) in [7, 11) is -2.28. The van der Waals surface area contributed by atoms with Crippen LogP contribution in [0.3, 0.4) is 0 Å². The Morgan fingerprint density at radius 2 is 2.09 bits per heavy atom. The maximum Gasteiger partial charge on any atom is 0.416 e. The molecule has 0 amide bonds. The van der Waals surface area contributed by atoms with Gasteiger partial charge in [-0.1, -0.05) is 11.6 Å². The van der Waals surface area contributed by atoms with E-state index in [1.54, 1.807) is 7.05 Å². The van der Waals surface area contributed by atoms with Crippen LogP contribution in [-0.4, -0.2) is 39.4 Å². The van der Waals surface area contributed by atoms with Crippen LogP contribution in [-0.2, 0) is 16.2 Å². The number of alkyl halides is 3. The lowest BCUT2D eigenvalue weighted by atomic mass is 10.00. The van der Waals surface area contributed by atoms with E-state index in [1.165, 1.54) is 4.31 Å². The number of benzene rings is 1. The number of hydrogen-bond donors (Lipinski definition) is 1. The second-order valence-electron chi connectivity index (χ2n) is 5.57. The third-order valence-corrected chi connectivity index (χ3v) is 6.20. The van der Waals surface area contributed by atoms with E-state index >= 15 is 0 Å². The lowest BCUT2D eigenvalue weighted by molar-refractivity contribution is -0.137. The summed E-state index contributed by atoms with van der Waals surface area (Å²) >= 11 is 5.86. The van der Waals surface area contributed by atoms with E-state index in [0.29, 0.717) is 19.0 Å². The van der Waals surface area contributed by atoms with Crippen LogP contribution in [0.5, 0.6) is 0 Å². The van der Waals surface area contributed by atoms with E-state index in [4.69, 9.17) is 11.6 Å². The van der Waals surface area contributed by atoms with Crippen LogP contribution in [0.1, 0.15) is 18.4 Å². The number of nitrogens with one attached hydrogen (secondary N) is 1. The summed E-state index contributed by atoms with van der Waals surface area (Å²) < 4.78 is 65.1. The van der Waals surface area contributed by atoms with Gasteiger partial charge in [0, 0.05) is 13.1 Å². The average molecular weight is 371 g/mol. The number of halogens is 4. The molecule has 1 aromatic carbocycles. The Labute approximate surface area is 138 Å². The molecule has 0 radical (unpaired) electrons. The Morgan fingerprint density at radius 3 is 2.70 bits per heavy atom. The molecule has 0 saturated carbocycles. The molecule has 1 N–H and O–H groups in total. The van der Waals surface area contributed by atoms with E-state index in [-0.39, 0.29) is 24.0 Å². The monoisotopic (exact) mass is 370 g/mol. The van der Waals surface area contributed by atoms with Crippen molar-refractivity contribution in [3.8, 4) is 0 Å². The molecule has 0 unspecified atom stereocenters. The van der Waals surface area contributed by atoms with Gasteiger partial charge in [-0.05, 0) is 50.6 Å². The first-order chi connectivity index (χ1) is 10.7. The van der Waals surface area contributed by atoms with Crippen molar-refractivity contribution in [2.24, 2.45) is 5.92 Å². The van der Waals surface area contributed by atoms with Crippen LogP contribution in [0.15, 0.2) is 23.1 Å². The molecule has 1 fully saturated rings. The summed E-state index contributed by atoms with van der Waals surface area (Å²) in [6.45, 7) is 1.22. The van der Waals surface area contributed by atoms with Crippen LogP contribution in [0, 0.1) is 5.92 Å². The minimum absolute atomic E-state index is 0.132. The van der Waals surface area contributed by atoms with Gasteiger partial charge in [-0.2, -0.15) is 17.5 Å². The Hall–Kier alpha value is -0.830. The lowest BCUT2D eigenvalue weighted by Gasteiger charge is -2.32. The van der Waals surface area contributed by atoms with Crippen LogP contribution < -0.4 is 5.32 Å². The van der Waals surface area contributed by atoms with Crippen molar-refractivity contribution in [3.05, 3.63) is 28.8 Å². The van der Waals surface area contributed by atoms with Gasteiger partial charge >= 0.3 is 6.18 Å². The highest BCUT2D eigenvalue weighted by Crippen LogP contribution is 2.35. The van der Waals surface area contributed by atoms with Crippen molar-refractivity contribution in [1.82, 2.24) is 9.62 Å². The first-order valence-electron chi connectivity index (χ1n) is 7.17. The summed E-state index contributed by atoms with van der Waals surface area (Å²) in [5, 5.41) is 2.79. The molecule has 9 heteroatoms. The largest absolute Gasteiger partial charge is 0.416 e.